The molecule has 0 spiro atoms. The summed E-state index contributed by atoms with van der Waals surface area (Å²) in [4.78, 5) is 18.8. The van der Waals surface area contributed by atoms with Crippen LogP contribution in [0.1, 0.15) is 15.9 Å². The second-order valence-electron chi connectivity index (χ2n) is 5.43. The van der Waals surface area contributed by atoms with Gasteiger partial charge in [0.15, 0.2) is 0 Å². The first-order valence-electron chi connectivity index (χ1n) is 7.64. The first-order chi connectivity index (χ1) is 11.6. The number of morpholine rings is 1. The van der Waals surface area contributed by atoms with E-state index in [1.54, 1.807) is 24.4 Å². The molecule has 3 rings (SSSR count). The van der Waals surface area contributed by atoms with Gasteiger partial charge in [0.1, 0.15) is 5.82 Å². The van der Waals surface area contributed by atoms with Crippen LogP contribution in [0.4, 0.5) is 5.82 Å². The standard InChI is InChI=1S/C17H17Cl2N3O2/c18-13-1-2-14(15(19)10-13)17(23)21-11-12-3-4-20-16(9-12)22-5-7-24-8-6-22/h1-4,9-10H,5-8,11H2,(H,21,23). The van der Waals surface area contributed by atoms with Crippen molar-refractivity contribution in [2.45, 2.75) is 6.54 Å². The molecule has 126 valence electrons. The van der Waals surface area contributed by atoms with Gasteiger partial charge in [-0.05, 0) is 35.9 Å². The molecule has 2 heterocycles. The van der Waals surface area contributed by atoms with Gasteiger partial charge in [-0.25, -0.2) is 4.98 Å². The van der Waals surface area contributed by atoms with Crippen LogP contribution >= 0.6 is 23.2 Å². The van der Waals surface area contributed by atoms with Crippen molar-refractivity contribution < 1.29 is 9.53 Å². The Morgan fingerprint density at radius 3 is 2.75 bits per heavy atom. The summed E-state index contributed by atoms with van der Waals surface area (Å²) in [5.41, 5.74) is 1.38. The smallest absolute Gasteiger partial charge is 0.253 e. The number of pyridine rings is 1. The molecule has 1 aromatic heterocycles. The van der Waals surface area contributed by atoms with Crippen molar-refractivity contribution in [1.29, 1.82) is 0 Å². The molecule has 0 atom stereocenters. The van der Waals surface area contributed by atoms with Crippen molar-refractivity contribution >= 4 is 34.9 Å². The van der Waals surface area contributed by atoms with Gasteiger partial charge in [-0.3, -0.25) is 4.79 Å². The molecule has 1 saturated heterocycles. The predicted octanol–water partition coefficient (Wildman–Crippen LogP) is 3.16. The van der Waals surface area contributed by atoms with E-state index in [4.69, 9.17) is 27.9 Å². The second kappa shape index (κ2) is 7.83. The van der Waals surface area contributed by atoms with E-state index in [0.29, 0.717) is 35.4 Å². The van der Waals surface area contributed by atoms with Gasteiger partial charge in [-0.15, -0.1) is 0 Å². The number of rotatable bonds is 4. The fraction of sp³-hybridized carbons (Fsp3) is 0.294. The number of hydrogen-bond acceptors (Lipinski definition) is 4. The molecular weight excluding hydrogens is 349 g/mol. The van der Waals surface area contributed by atoms with Crippen LogP contribution in [0.2, 0.25) is 10.0 Å². The Balaban J connectivity index is 1.64. The molecule has 0 unspecified atom stereocenters. The number of hydrogen-bond donors (Lipinski definition) is 1. The van der Waals surface area contributed by atoms with Crippen molar-refractivity contribution in [3.8, 4) is 0 Å². The number of carbonyl (C=O) groups is 1. The normalized spacial score (nSPS) is 14.5. The number of carbonyl (C=O) groups excluding carboxylic acids is 1. The van der Waals surface area contributed by atoms with Gasteiger partial charge in [0, 0.05) is 30.9 Å². The first kappa shape index (κ1) is 17.0. The Morgan fingerprint density at radius 1 is 1.21 bits per heavy atom. The third kappa shape index (κ3) is 4.17. The molecular formula is C17H17Cl2N3O2. The SMILES string of the molecule is O=C(NCc1ccnc(N2CCOCC2)c1)c1ccc(Cl)cc1Cl. The summed E-state index contributed by atoms with van der Waals surface area (Å²) in [6, 6.07) is 8.68. The van der Waals surface area contributed by atoms with Crippen LogP contribution in [0, 0.1) is 0 Å². The highest BCUT2D eigenvalue weighted by Crippen LogP contribution is 2.21. The summed E-state index contributed by atoms with van der Waals surface area (Å²) in [7, 11) is 0. The minimum absolute atomic E-state index is 0.235. The predicted molar refractivity (Wildman–Crippen MR) is 94.9 cm³/mol. The zero-order valence-corrected chi connectivity index (χ0v) is 14.5. The van der Waals surface area contributed by atoms with Crippen molar-refractivity contribution in [3.63, 3.8) is 0 Å². The molecule has 1 aliphatic rings. The number of nitrogens with one attached hydrogen (secondary N) is 1. The molecule has 0 radical (unpaired) electrons. The molecule has 0 saturated carbocycles. The van der Waals surface area contributed by atoms with Gasteiger partial charge >= 0.3 is 0 Å². The monoisotopic (exact) mass is 365 g/mol. The summed E-state index contributed by atoms with van der Waals surface area (Å²) < 4.78 is 5.35. The molecule has 1 aliphatic heterocycles. The minimum atomic E-state index is -0.235. The van der Waals surface area contributed by atoms with E-state index in [0.717, 1.165) is 24.5 Å². The molecule has 1 amide bonds. The first-order valence-corrected chi connectivity index (χ1v) is 8.40. The average Bonchev–Trinajstić information content (AvgIpc) is 2.61. The largest absolute Gasteiger partial charge is 0.378 e. The molecule has 0 bridgehead atoms. The third-order valence-corrected chi connectivity index (χ3v) is 4.32. The fourth-order valence-electron chi connectivity index (χ4n) is 2.49. The summed E-state index contributed by atoms with van der Waals surface area (Å²) in [5.74, 6) is 0.663. The van der Waals surface area contributed by atoms with Crippen LogP contribution in [-0.4, -0.2) is 37.2 Å². The number of nitrogens with zero attached hydrogens (tertiary/aromatic N) is 2. The summed E-state index contributed by atoms with van der Waals surface area (Å²) in [5, 5.41) is 3.71. The topological polar surface area (TPSA) is 54.5 Å². The lowest BCUT2D eigenvalue weighted by molar-refractivity contribution is 0.0951. The maximum atomic E-state index is 12.3. The highest BCUT2D eigenvalue weighted by Gasteiger charge is 2.14. The zero-order chi connectivity index (χ0) is 16.9. The summed E-state index contributed by atoms with van der Waals surface area (Å²) >= 11 is 11.9. The van der Waals surface area contributed by atoms with E-state index in [1.807, 2.05) is 12.1 Å². The number of anilines is 1. The summed E-state index contributed by atoms with van der Waals surface area (Å²) in [6.45, 7) is 3.46. The molecule has 0 aliphatic carbocycles. The molecule has 2 aromatic rings. The van der Waals surface area contributed by atoms with E-state index >= 15 is 0 Å². The van der Waals surface area contributed by atoms with Crippen molar-refractivity contribution in [2.24, 2.45) is 0 Å². The van der Waals surface area contributed by atoms with E-state index < -0.39 is 0 Å². The van der Waals surface area contributed by atoms with Gasteiger partial charge in [0.2, 0.25) is 0 Å². The Labute approximate surface area is 150 Å². The average molecular weight is 366 g/mol. The number of amides is 1. The van der Waals surface area contributed by atoms with Crippen LogP contribution < -0.4 is 10.2 Å². The molecule has 1 N–H and O–H groups in total. The van der Waals surface area contributed by atoms with Crippen molar-refractivity contribution in [1.82, 2.24) is 10.3 Å². The number of benzene rings is 1. The maximum absolute atomic E-state index is 12.3. The zero-order valence-electron chi connectivity index (χ0n) is 13.0. The molecule has 1 aromatic carbocycles. The van der Waals surface area contributed by atoms with Crippen LogP contribution in [0.5, 0.6) is 0 Å². The van der Waals surface area contributed by atoms with Gasteiger partial charge in [0.05, 0.1) is 23.8 Å². The fourth-order valence-corrected chi connectivity index (χ4v) is 2.98. The minimum Gasteiger partial charge on any atom is -0.378 e. The quantitative estimate of drug-likeness (QED) is 0.903. The van der Waals surface area contributed by atoms with E-state index in [1.165, 1.54) is 0 Å². The third-order valence-electron chi connectivity index (χ3n) is 3.77. The Hall–Kier alpha value is -1.82. The lowest BCUT2D eigenvalue weighted by Crippen LogP contribution is -2.36. The van der Waals surface area contributed by atoms with Crippen LogP contribution in [0.25, 0.3) is 0 Å². The van der Waals surface area contributed by atoms with Gasteiger partial charge in [-0.1, -0.05) is 23.2 Å². The van der Waals surface area contributed by atoms with E-state index in [9.17, 15) is 4.79 Å². The van der Waals surface area contributed by atoms with Crippen molar-refractivity contribution in [3.05, 3.63) is 57.7 Å². The number of aromatic nitrogens is 1. The second-order valence-corrected chi connectivity index (χ2v) is 6.27. The number of ether oxygens (including phenoxy) is 1. The van der Waals surface area contributed by atoms with Gasteiger partial charge < -0.3 is 15.0 Å². The highest BCUT2D eigenvalue weighted by molar-refractivity contribution is 6.36. The maximum Gasteiger partial charge on any atom is 0.253 e. The van der Waals surface area contributed by atoms with Crippen LogP contribution in [-0.2, 0) is 11.3 Å². The van der Waals surface area contributed by atoms with E-state index in [2.05, 4.69) is 15.2 Å². The Kier molecular flexibility index (Phi) is 5.56. The molecule has 7 heteroatoms. The molecule has 1 fully saturated rings. The van der Waals surface area contributed by atoms with Crippen LogP contribution in [0.15, 0.2) is 36.5 Å². The Bertz CT molecular complexity index is 734. The molecule has 24 heavy (non-hydrogen) atoms. The van der Waals surface area contributed by atoms with E-state index in [-0.39, 0.29) is 5.91 Å². The van der Waals surface area contributed by atoms with Crippen LogP contribution in [0.3, 0.4) is 0 Å². The summed E-state index contributed by atoms with van der Waals surface area (Å²) in [6.07, 6.45) is 1.75. The van der Waals surface area contributed by atoms with Gasteiger partial charge in [-0.2, -0.15) is 0 Å². The lowest BCUT2D eigenvalue weighted by atomic mass is 10.2. The lowest BCUT2D eigenvalue weighted by Gasteiger charge is -2.28. The van der Waals surface area contributed by atoms with Gasteiger partial charge in [0.25, 0.3) is 5.91 Å². The highest BCUT2D eigenvalue weighted by atomic mass is 35.5. The Morgan fingerprint density at radius 2 is 2.00 bits per heavy atom. The van der Waals surface area contributed by atoms with Crippen molar-refractivity contribution in [2.75, 3.05) is 31.2 Å². The molecule has 5 nitrogen and oxygen atoms in total. The number of halogens is 2.